The van der Waals surface area contributed by atoms with Crippen molar-refractivity contribution in [3.63, 3.8) is 0 Å². The van der Waals surface area contributed by atoms with Gasteiger partial charge in [0, 0.05) is 0 Å². The number of esters is 1. The molecule has 3 rings (SSSR count). The van der Waals surface area contributed by atoms with Gasteiger partial charge in [0.05, 0.1) is 0 Å². The maximum atomic E-state index is 11.5. The van der Waals surface area contributed by atoms with Crippen molar-refractivity contribution >= 4 is 5.97 Å². The molecule has 1 unspecified atom stereocenters. The molecular formula is C10H14O3. The van der Waals surface area contributed by atoms with E-state index < -0.39 is 0 Å². The van der Waals surface area contributed by atoms with Gasteiger partial charge in [-0.1, -0.05) is 0 Å². The lowest BCUT2D eigenvalue weighted by Crippen LogP contribution is -2.33. The summed E-state index contributed by atoms with van der Waals surface area (Å²) in [5.74, 6) is -0.107. The Morgan fingerprint density at radius 1 is 1.31 bits per heavy atom. The van der Waals surface area contributed by atoms with Crippen LogP contribution in [-0.4, -0.2) is 23.8 Å². The van der Waals surface area contributed by atoms with Gasteiger partial charge in [0.2, 0.25) is 0 Å². The van der Waals surface area contributed by atoms with Crippen molar-refractivity contribution in [2.75, 3.05) is 0 Å². The average Bonchev–Trinajstić information content (AvgIpc) is 2.69. The van der Waals surface area contributed by atoms with Crippen LogP contribution in [0.25, 0.3) is 0 Å². The van der Waals surface area contributed by atoms with Gasteiger partial charge >= 0.3 is 5.97 Å². The zero-order valence-corrected chi connectivity index (χ0v) is 7.62. The van der Waals surface area contributed by atoms with Crippen molar-refractivity contribution in [3.8, 4) is 0 Å². The molecule has 1 saturated heterocycles. The summed E-state index contributed by atoms with van der Waals surface area (Å²) in [6.45, 7) is 0. The van der Waals surface area contributed by atoms with E-state index in [4.69, 9.17) is 9.47 Å². The first kappa shape index (κ1) is 7.80. The summed E-state index contributed by atoms with van der Waals surface area (Å²) in [5, 5.41) is 0. The number of hydrogen-bond acceptors (Lipinski definition) is 3. The molecule has 3 nitrogen and oxygen atoms in total. The van der Waals surface area contributed by atoms with Crippen molar-refractivity contribution in [1.82, 2.24) is 0 Å². The highest BCUT2D eigenvalue weighted by Gasteiger charge is 2.64. The molecule has 0 aromatic carbocycles. The zero-order chi connectivity index (χ0) is 8.89. The van der Waals surface area contributed by atoms with E-state index in [1.165, 1.54) is 12.8 Å². The summed E-state index contributed by atoms with van der Waals surface area (Å²) in [6.07, 6.45) is 6.60. The summed E-state index contributed by atoms with van der Waals surface area (Å²) in [5.41, 5.74) is -0.0547. The van der Waals surface area contributed by atoms with Crippen LogP contribution in [0.1, 0.15) is 38.5 Å². The second kappa shape index (κ2) is 2.47. The fourth-order valence-corrected chi connectivity index (χ4v) is 2.08. The molecule has 0 bridgehead atoms. The van der Waals surface area contributed by atoms with Crippen molar-refractivity contribution in [3.05, 3.63) is 0 Å². The van der Waals surface area contributed by atoms with E-state index in [0.717, 1.165) is 25.7 Å². The van der Waals surface area contributed by atoms with E-state index in [1.54, 1.807) is 0 Å². The molecule has 1 spiro atoms. The van der Waals surface area contributed by atoms with E-state index in [1.807, 2.05) is 0 Å². The monoisotopic (exact) mass is 182 g/mol. The van der Waals surface area contributed by atoms with Crippen LogP contribution in [0.15, 0.2) is 0 Å². The highest BCUT2D eigenvalue weighted by atomic mass is 16.7. The van der Waals surface area contributed by atoms with Gasteiger partial charge in [-0.25, -0.2) is 4.79 Å². The standard InChI is InChI=1S/C10H14O3/c11-9(12-7-3-1-4-7)8-10(13-8)5-2-6-10/h7-8H,1-6H2. The summed E-state index contributed by atoms with van der Waals surface area (Å²) in [7, 11) is 0. The van der Waals surface area contributed by atoms with Crippen LogP contribution in [0, 0.1) is 0 Å². The Kier molecular flexibility index (Phi) is 1.48. The van der Waals surface area contributed by atoms with Crippen LogP contribution in [0.3, 0.4) is 0 Å². The summed E-state index contributed by atoms with van der Waals surface area (Å²) >= 11 is 0. The van der Waals surface area contributed by atoms with Crippen molar-refractivity contribution in [2.45, 2.75) is 56.3 Å². The molecule has 72 valence electrons. The van der Waals surface area contributed by atoms with Gasteiger partial charge in [-0.3, -0.25) is 0 Å². The fourth-order valence-electron chi connectivity index (χ4n) is 2.08. The Balaban J connectivity index is 1.52. The van der Waals surface area contributed by atoms with E-state index in [9.17, 15) is 4.79 Å². The van der Waals surface area contributed by atoms with Crippen LogP contribution in [0.4, 0.5) is 0 Å². The van der Waals surface area contributed by atoms with Gasteiger partial charge in [0.1, 0.15) is 11.7 Å². The van der Waals surface area contributed by atoms with Gasteiger partial charge in [0.25, 0.3) is 0 Å². The number of hydrogen-bond donors (Lipinski definition) is 0. The molecule has 0 N–H and O–H groups in total. The largest absolute Gasteiger partial charge is 0.460 e. The second-order valence-corrected chi connectivity index (χ2v) is 4.41. The summed E-state index contributed by atoms with van der Waals surface area (Å²) in [4.78, 5) is 11.5. The molecule has 2 aliphatic carbocycles. The molecule has 1 atom stereocenters. The first-order valence-electron chi connectivity index (χ1n) is 5.18. The molecule has 1 heterocycles. The van der Waals surface area contributed by atoms with Gasteiger partial charge < -0.3 is 9.47 Å². The quantitative estimate of drug-likeness (QED) is 0.478. The maximum absolute atomic E-state index is 11.5. The first-order valence-corrected chi connectivity index (χ1v) is 5.18. The Bertz CT molecular complexity index is 241. The predicted octanol–water partition coefficient (Wildman–Crippen LogP) is 1.40. The molecule has 2 saturated carbocycles. The van der Waals surface area contributed by atoms with E-state index in [-0.39, 0.29) is 23.8 Å². The molecule has 3 heteroatoms. The molecule has 3 fully saturated rings. The van der Waals surface area contributed by atoms with Gasteiger partial charge in [-0.15, -0.1) is 0 Å². The van der Waals surface area contributed by atoms with Crippen LogP contribution < -0.4 is 0 Å². The third-order valence-electron chi connectivity index (χ3n) is 3.52. The Morgan fingerprint density at radius 2 is 2.08 bits per heavy atom. The van der Waals surface area contributed by atoms with Crippen molar-refractivity contribution < 1.29 is 14.3 Å². The predicted molar refractivity (Wildman–Crippen MR) is 45.2 cm³/mol. The number of ether oxygens (including phenoxy) is 2. The van der Waals surface area contributed by atoms with Crippen LogP contribution in [0.2, 0.25) is 0 Å². The van der Waals surface area contributed by atoms with Gasteiger partial charge in [-0.2, -0.15) is 0 Å². The maximum Gasteiger partial charge on any atom is 0.338 e. The third-order valence-corrected chi connectivity index (χ3v) is 3.52. The van der Waals surface area contributed by atoms with Crippen LogP contribution in [-0.2, 0) is 14.3 Å². The minimum Gasteiger partial charge on any atom is -0.460 e. The minimum atomic E-state index is -0.207. The number of carbonyl (C=O) groups excluding carboxylic acids is 1. The minimum absolute atomic E-state index is 0.0547. The highest BCUT2D eigenvalue weighted by Crippen LogP contribution is 2.52. The van der Waals surface area contributed by atoms with Crippen LogP contribution >= 0.6 is 0 Å². The lowest BCUT2D eigenvalue weighted by molar-refractivity contribution is -0.154. The van der Waals surface area contributed by atoms with E-state index >= 15 is 0 Å². The molecule has 13 heavy (non-hydrogen) atoms. The van der Waals surface area contributed by atoms with Gasteiger partial charge in [0.15, 0.2) is 6.10 Å². The Labute approximate surface area is 77.4 Å². The lowest BCUT2D eigenvalue weighted by atomic mass is 9.82. The Hall–Kier alpha value is -0.570. The molecule has 0 radical (unpaired) electrons. The van der Waals surface area contributed by atoms with Crippen molar-refractivity contribution in [2.24, 2.45) is 0 Å². The molecule has 0 aromatic rings. The average molecular weight is 182 g/mol. The number of epoxide rings is 1. The smallest absolute Gasteiger partial charge is 0.338 e. The SMILES string of the molecule is O=C(OC1CCC1)C1OC12CCC2. The molecule has 0 aromatic heterocycles. The topological polar surface area (TPSA) is 38.8 Å². The van der Waals surface area contributed by atoms with E-state index in [2.05, 4.69) is 0 Å². The zero-order valence-electron chi connectivity index (χ0n) is 7.62. The number of rotatable bonds is 2. The molecule has 3 aliphatic rings. The Morgan fingerprint density at radius 3 is 2.46 bits per heavy atom. The van der Waals surface area contributed by atoms with Crippen LogP contribution in [0.5, 0.6) is 0 Å². The third kappa shape index (κ3) is 1.10. The molecule has 0 amide bonds. The second-order valence-electron chi connectivity index (χ2n) is 4.41. The van der Waals surface area contributed by atoms with Crippen molar-refractivity contribution in [1.29, 1.82) is 0 Å². The van der Waals surface area contributed by atoms with E-state index in [0.29, 0.717) is 0 Å². The first-order chi connectivity index (χ1) is 6.30. The molecule has 1 aliphatic heterocycles. The fraction of sp³-hybridized carbons (Fsp3) is 0.900. The summed E-state index contributed by atoms with van der Waals surface area (Å²) < 4.78 is 10.7. The highest BCUT2D eigenvalue weighted by molar-refractivity contribution is 5.79. The normalized spacial score (nSPS) is 34.9. The molecular weight excluding hydrogens is 168 g/mol. The summed E-state index contributed by atoms with van der Waals surface area (Å²) in [6, 6.07) is 0. The lowest BCUT2D eigenvalue weighted by Gasteiger charge is -2.26. The van der Waals surface area contributed by atoms with Gasteiger partial charge in [-0.05, 0) is 38.5 Å². The number of carbonyl (C=O) groups is 1.